The second kappa shape index (κ2) is 13.5. The third-order valence-electron chi connectivity index (χ3n) is 11.2. The lowest BCUT2D eigenvalue weighted by Crippen LogP contribution is -2.36. The Morgan fingerprint density at radius 2 is 1.17 bits per heavy atom. The highest BCUT2D eigenvalue weighted by Gasteiger charge is 2.41. The molecular weight excluding hydrogens is 701 g/mol. The number of carbonyl (C=O) groups excluding carboxylic acids is 2. The standard InChI is InChI=1S/C22H30N2O4S.C21H28N2O2/c1-13-16(10-9-15-11-21(3,4)12-22(5,6)18(13)15)19(25)17-14(2)23-24(7)20(17)28-29(8,26)27;1-12-15(18(24)16-13(2)22-23(7)19(16)25)9-8-14-10-20(3,4)11-21(5,6)17(12)14/h9-10H,11-12H2,1-8H3;8-9,22H,10-11H2,1-7H3. The maximum absolute atomic E-state index is 13.5. The highest BCUT2D eigenvalue weighted by atomic mass is 32.2. The molecule has 2 heterocycles. The van der Waals surface area contributed by atoms with E-state index in [9.17, 15) is 22.8 Å². The number of fused-ring (bicyclic) bond motifs is 2. The zero-order valence-corrected chi connectivity index (χ0v) is 35.7. The zero-order chi connectivity index (χ0) is 40.7. The van der Waals surface area contributed by atoms with Crippen molar-refractivity contribution in [2.75, 3.05) is 6.26 Å². The lowest BCUT2D eigenvalue weighted by Gasteiger charge is -2.43. The topological polar surface area (TPSA) is 133 Å². The second-order valence-corrected chi connectivity index (χ2v) is 20.2. The molecule has 0 saturated heterocycles. The van der Waals surface area contributed by atoms with Gasteiger partial charge in [0.15, 0.2) is 0 Å². The molecule has 0 spiro atoms. The van der Waals surface area contributed by atoms with Crippen LogP contribution in [0.3, 0.4) is 0 Å². The van der Waals surface area contributed by atoms with Crippen LogP contribution < -0.4 is 9.74 Å². The van der Waals surface area contributed by atoms with Crippen molar-refractivity contribution in [2.24, 2.45) is 24.9 Å². The SMILES string of the molecule is Cc1[nH]n(C)c(=O)c1C(=O)c1ccc2c(c1C)C(C)(C)CC(C)(C)C2.Cc1nn(C)c(OS(C)(=O)=O)c1C(=O)c1ccc2c(c1C)C(C)(C)CC(C)(C)C2. The lowest BCUT2D eigenvalue weighted by atomic mass is 9.61. The van der Waals surface area contributed by atoms with Gasteiger partial charge in [-0.2, -0.15) is 13.5 Å². The van der Waals surface area contributed by atoms with E-state index in [-0.39, 0.29) is 55.8 Å². The third-order valence-corrected chi connectivity index (χ3v) is 11.7. The van der Waals surface area contributed by atoms with E-state index in [0.717, 1.165) is 43.1 Å². The zero-order valence-electron chi connectivity index (χ0n) is 34.8. The highest BCUT2D eigenvalue weighted by Crippen LogP contribution is 2.49. The van der Waals surface area contributed by atoms with Crippen LogP contribution in [-0.2, 0) is 47.9 Å². The number of ketones is 2. The number of benzene rings is 2. The summed E-state index contributed by atoms with van der Waals surface area (Å²) in [5, 5.41) is 7.13. The summed E-state index contributed by atoms with van der Waals surface area (Å²) in [6.07, 6.45) is 5.05. The van der Waals surface area contributed by atoms with Gasteiger partial charge < -0.3 is 4.18 Å². The molecule has 0 saturated carbocycles. The third kappa shape index (κ3) is 7.66. The molecule has 0 fully saturated rings. The Kier molecular flexibility index (Phi) is 10.2. The van der Waals surface area contributed by atoms with Crippen molar-refractivity contribution in [2.45, 2.75) is 120 Å². The van der Waals surface area contributed by atoms with Gasteiger partial charge in [-0.1, -0.05) is 79.7 Å². The molecule has 10 nitrogen and oxygen atoms in total. The van der Waals surface area contributed by atoms with Crippen molar-refractivity contribution >= 4 is 21.7 Å². The summed E-state index contributed by atoms with van der Waals surface area (Å²) in [7, 11) is -0.593. The average Bonchev–Trinajstić information content (AvgIpc) is 3.39. The molecule has 2 aliphatic carbocycles. The molecule has 292 valence electrons. The minimum Gasteiger partial charge on any atom is -0.361 e. The van der Waals surface area contributed by atoms with Crippen molar-refractivity contribution in [3.05, 3.63) is 102 Å². The van der Waals surface area contributed by atoms with Gasteiger partial charge in [0.25, 0.3) is 5.56 Å². The predicted molar refractivity (Wildman–Crippen MR) is 214 cm³/mol. The van der Waals surface area contributed by atoms with Gasteiger partial charge in [0.1, 0.15) is 11.1 Å². The molecule has 6 rings (SSSR count). The molecule has 11 heteroatoms. The number of nitrogens with one attached hydrogen (secondary N) is 1. The first-order valence-electron chi connectivity index (χ1n) is 18.6. The molecular formula is C43H58N4O6S. The number of aromatic nitrogens is 4. The molecule has 0 atom stereocenters. The molecule has 0 bridgehead atoms. The number of hydrogen-bond donors (Lipinski definition) is 1. The summed E-state index contributed by atoms with van der Waals surface area (Å²) in [4.78, 5) is 38.9. The first-order chi connectivity index (χ1) is 24.6. The van der Waals surface area contributed by atoms with Gasteiger partial charge >= 0.3 is 10.1 Å². The van der Waals surface area contributed by atoms with E-state index >= 15 is 0 Å². The van der Waals surface area contributed by atoms with Crippen LogP contribution in [0.15, 0.2) is 29.1 Å². The Hall–Kier alpha value is -4.25. The van der Waals surface area contributed by atoms with E-state index in [1.807, 2.05) is 32.0 Å². The quantitative estimate of drug-likeness (QED) is 0.158. The van der Waals surface area contributed by atoms with E-state index < -0.39 is 10.1 Å². The molecule has 0 unspecified atom stereocenters. The second-order valence-electron chi connectivity index (χ2n) is 18.7. The van der Waals surface area contributed by atoms with Gasteiger partial charge in [0.05, 0.1) is 11.9 Å². The maximum atomic E-state index is 13.5. The fraction of sp³-hybridized carbons (Fsp3) is 0.535. The van der Waals surface area contributed by atoms with Gasteiger partial charge in [-0.15, -0.1) is 0 Å². The van der Waals surface area contributed by atoms with Crippen molar-refractivity contribution < 1.29 is 22.2 Å². The average molecular weight is 759 g/mol. The Morgan fingerprint density at radius 3 is 1.56 bits per heavy atom. The number of hydrogen-bond acceptors (Lipinski definition) is 7. The molecule has 54 heavy (non-hydrogen) atoms. The first kappa shape index (κ1) is 40.9. The van der Waals surface area contributed by atoms with Gasteiger partial charge in [0, 0.05) is 30.9 Å². The molecule has 0 amide bonds. The van der Waals surface area contributed by atoms with Crippen LogP contribution in [0.5, 0.6) is 5.88 Å². The fourth-order valence-corrected chi connectivity index (χ4v) is 10.8. The fourth-order valence-electron chi connectivity index (χ4n) is 10.3. The molecule has 2 aliphatic rings. The van der Waals surface area contributed by atoms with Crippen LogP contribution in [0, 0.1) is 38.5 Å². The lowest BCUT2D eigenvalue weighted by molar-refractivity contribution is 0.102. The highest BCUT2D eigenvalue weighted by molar-refractivity contribution is 7.86. The van der Waals surface area contributed by atoms with Gasteiger partial charge in [0.2, 0.25) is 17.4 Å². The molecule has 4 aromatic rings. The van der Waals surface area contributed by atoms with Crippen molar-refractivity contribution in [1.82, 2.24) is 19.6 Å². The summed E-state index contributed by atoms with van der Waals surface area (Å²) in [5.41, 5.74) is 9.90. The van der Waals surface area contributed by atoms with Crippen LogP contribution in [-0.4, -0.2) is 45.8 Å². The summed E-state index contributed by atoms with van der Waals surface area (Å²) < 4.78 is 31.2. The summed E-state index contributed by atoms with van der Waals surface area (Å²) in [6.45, 7) is 25.6. The normalized spacial score (nSPS) is 17.8. The monoisotopic (exact) mass is 758 g/mol. The number of aromatic amines is 1. The van der Waals surface area contributed by atoms with Crippen molar-refractivity contribution in [3.63, 3.8) is 0 Å². The van der Waals surface area contributed by atoms with Gasteiger partial charge in [-0.25, -0.2) is 4.68 Å². The number of rotatable bonds is 6. The van der Waals surface area contributed by atoms with Gasteiger partial charge in [-0.05, 0) is 108 Å². The Bertz CT molecular complexity index is 2370. The van der Waals surface area contributed by atoms with Crippen molar-refractivity contribution in [1.29, 1.82) is 0 Å². The van der Waals surface area contributed by atoms with Crippen LogP contribution in [0.4, 0.5) is 0 Å². The van der Waals surface area contributed by atoms with E-state index in [0.29, 0.717) is 22.5 Å². The van der Waals surface area contributed by atoms with E-state index in [1.165, 1.54) is 31.6 Å². The van der Waals surface area contributed by atoms with E-state index in [1.54, 1.807) is 27.9 Å². The first-order valence-corrected chi connectivity index (χ1v) is 20.4. The number of aryl methyl sites for hydroxylation is 4. The Labute approximate surface area is 320 Å². The minimum atomic E-state index is -3.79. The number of carbonyl (C=O) groups is 2. The van der Waals surface area contributed by atoms with Gasteiger partial charge in [-0.3, -0.25) is 24.2 Å². The molecule has 2 aromatic carbocycles. The maximum Gasteiger partial charge on any atom is 0.307 e. The predicted octanol–water partition coefficient (Wildman–Crippen LogP) is 7.67. The smallest absolute Gasteiger partial charge is 0.307 e. The van der Waals surface area contributed by atoms with Crippen molar-refractivity contribution in [3.8, 4) is 5.88 Å². The summed E-state index contributed by atoms with van der Waals surface area (Å²) in [6, 6.07) is 7.89. The van der Waals surface area contributed by atoms with E-state index in [2.05, 4.69) is 71.7 Å². The van der Waals surface area contributed by atoms with Crippen LogP contribution in [0.25, 0.3) is 0 Å². The van der Waals surface area contributed by atoms with Crippen LogP contribution in [0.1, 0.15) is 145 Å². The summed E-state index contributed by atoms with van der Waals surface area (Å²) >= 11 is 0. The van der Waals surface area contributed by atoms with Crippen LogP contribution in [0.2, 0.25) is 0 Å². The van der Waals surface area contributed by atoms with E-state index in [4.69, 9.17) is 4.18 Å². The van der Waals surface area contributed by atoms with Crippen LogP contribution >= 0.6 is 0 Å². The Balaban J connectivity index is 0.000000210. The largest absolute Gasteiger partial charge is 0.361 e. The molecule has 1 N–H and O–H groups in total. The number of nitrogens with zero attached hydrogens (tertiary/aromatic N) is 3. The minimum absolute atomic E-state index is 0.00953. The number of H-pyrrole nitrogens is 1. The molecule has 0 radical (unpaired) electrons. The molecule has 2 aromatic heterocycles. The Morgan fingerprint density at radius 1 is 0.741 bits per heavy atom. The summed E-state index contributed by atoms with van der Waals surface area (Å²) in [5.74, 6) is -0.497. The molecule has 0 aliphatic heterocycles.